The number of hydrogen-bond acceptors (Lipinski definition) is 4. The van der Waals surface area contributed by atoms with Crippen LogP contribution in [0.25, 0.3) is 22.3 Å². The molecule has 3 aromatic rings. The second-order valence-electron chi connectivity index (χ2n) is 3.97. The smallest absolute Gasteiger partial charge is 0.418 e. The third-order valence-electron chi connectivity index (χ3n) is 2.91. The van der Waals surface area contributed by atoms with E-state index in [0.29, 0.717) is 5.82 Å². The lowest BCUT2D eigenvalue weighted by atomic mass is 10.1. The second-order valence-corrected chi connectivity index (χ2v) is 3.97. The Hall–Kier alpha value is -2.69. The van der Waals surface area contributed by atoms with Gasteiger partial charge in [-0.15, -0.1) is 0 Å². The summed E-state index contributed by atoms with van der Waals surface area (Å²) in [6.07, 6.45) is 4.65. The van der Waals surface area contributed by atoms with E-state index in [-0.39, 0.29) is 0 Å². The van der Waals surface area contributed by atoms with Crippen molar-refractivity contribution in [2.45, 2.75) is 0 Å². The first-order valence-electron chi connectivity index (χ1n) is 5.77. The molecule has 19 heavy (non-hydrogen) atoms. The van der Waals surface area contributed by atoms with Crippen LogP contribution in [0, 0.1) is 0 Å². The van der Waals surface area contributed by atoms with Gasteiger partial charge in [-0.3, -0.25) is 4.57 Å². The minimum absolute atomic E-state index is 0.416. The third kappa shape index (κ3) is 1.85. The highest BCUT2D eigenvalue weighted by Gasteiger charge is 2.12. The molecule has 5 heteroatoms. The zero-order valence-electron chi connectivity index (χ0n) is 10.3. The molecule has 0 aliphatic heterocycles. The van der Waals surface area contributed by atoms with E-state index < -0.39 is 6.09 Å². The van der Waals surface area contributed by atoms with Crippen LogP contribution in [0.5, 0.6) is 0 Å². The molecule has 0 amide bonds. The Balaban J connectivity index is 2.23. The van der Waals surface area contributed by atoms with E-state index in [1.807, 2.05) is 24.3 Å². The van der Waals surface area contributed by atoms with E-state index in [1.165, 1.54) is 11.7 Å². The molecule has 0 saturated carbocycles. The van der Waals surface area contributed by atoms with Crippen molar-refractivity contribution in [3.05, 3.63) is 48.9 Å². The number of hydrogen-bond donors (Lipinski definition) is 0. The summed E-state index contributed by atoms with van der Waals surface area (Å²) in [5.74, 6) is 0.635. The van der Waals surface area contributed by atoms with Gasteiger partial charge in [-0.2, -0.15) is 0 Å². The van der Waals surface area contributed by atoms with Crippen molar-refractivity contribution >= 4 is 17.0 Å². The van der Waals surface area contributed by atoms with Gasteiger partial charge in [-0.05, 0) is 18.2 Å². The average Bonchev–Trinajstić information content (AvgIpc) is 2.91. The number of rotatable bonds is 1. The van der Waals surface area contributed by atoms with E-state index in [0.717, 1.165) is 16.5 Å². The Kier molecular flexibility index (Phi) is 2.72. The number of aromatic nitrogens is 3. The van der Waals surface area contributed by atoms with Gasteiger partial charge in [0.25, 0.3) is 0 Å². The topological polar surface area (TPSA) is 57.0 Å². The highest BCUT2D eigenvalue weighted by molar-refractivity contribution is 5.97. The summed E-state index contributed by atoms with van der Waals surface area (Å²) in [5, 5.41) is 0.916. The molecule has 0 atom stereocenters. The minimum Gasteiger partial charge on any atom is -0.452 e. The summed E-state index contributed by atoms with van der Waals surface area (Å²) < 4.78 is 6.20. The Labute approximate surface area is 109 Å². The molecule has 0 aliphatic carbocycles. The van der Waals surface area contributed by atoms with Gasteiger partial charge in [0.2, 0.25) is 0 Å². The van der Waals surface area contributed by atoms with E-state index >= 15 is 0 Å². The van der Waals surface area contributed by atoms with Crippen LogP contribution < -0.4 is 0 Å². The number of nitrogens with zero attached hydrogens (tertiary/aromatic N) is 3. The van der Waals surface area contributed by atoms with Crippen LogP contribution in [0.4, 0.5) is 4.79 Å². The maximum absolute atomic E-state index is 11.6. The van der Waals surface area contributed by atoms with Gasteiger partial charge in [0.15, 0.2) is 5.82 Å². The molecule has 0 saturated heterocycles. The SMILES string of the molecule is COC(=O)n1ccc2c(-c3ncccn3)cccc21. The van der Waals surface area contributed by atoms with E-state index in [4.69, 9.17) is 4.74 Å². The molecule has 3 rings (SSSR count). The molecule has 0 bridgehead atoms. The summed E-state index contributed by atoms with van der Waals surface area (Å²) >= 11 is 0. The quantitative estimate of drug-likeness (QED) is 0.669. The number of methoxy groups -OCH3 is 1. The molecule has 2 heterocycles. The monoisotopic (exact) mass is 253 g/mol. The molecule has 0 unspecified atom stereocenters. The van der Waals surface area contributed by atoms with Crippen LogP contribution in [-0.4, -0.2) is 27.7 Å². The van der Waals surface area contributed by atoms with Gasteiger partial charge in [0, 0.05) is 29.5 Å². The highest BCUT2D eigenvalue weighted by Crippen LogP contribution is 2.26. The van der Waals surface area contributed by atoms with Crippen molar-refractivity contribution < 1.29 is 9.53 Å². The molecule has 94 valence electrons. The van der Waals surface area contributed by atoms with E-state index in [1.54, 1.807) is 24.7 Å². The minimum atomic E-state index is -0.416. The number of fused-ring (bicyclic) bond motifs is 1. The predicted molar refractivity (Wildman–Crippen MR) is 70.8 cm³/mol. The standard InChI is InChI=1S/C14H11N3O2/c1-19-14(18)17-9-6-10-11(4-2-5-12(10)17)13-15-7-3-8-16-13/h2-9H,1H3. The number of benzene rings is 1. The van der Waals surface area contributed by atoms with Gasteiger partial charge >= 0.3 is 6.09 Å². The molecule has 0 fully saturated rings. The lowest BCUT2D eigenvalue weighted by molar-refractivity contribution is 0.174. The Morgan fingerprint density at radius 2 is 1.95 bits per heavy atom. The zero-order valence-corrected chi connectivity index (χ0v) is 10.3. The lowest BCUT2D eigenvalue weighted by Gasteiger charge is -2.04. The van der Waals surface area contributed by atoms with Crippen molar-refractivity contribution in [2.75, 3.05) is 7.11 Å². The summed E-state index contributed by atoms with van der Waals surface area (Å²) in [6.45, 7) is 0. The molecule has 2 aromatic heterocycles. The maximum Gasteiger partial charge on any atom is 0.418 e. The van der Waals surface area contributed by atoms with Crippen LogP contribution in [0.3, 0.4) is 0 Å². The normalized spacial score (nSPS) is 10.6. The van der Waals surface area contributed by atoms with Crippen molar-refractivity contribution in [2.24, 2.45) is 0 Å². The fraction of sp³-hybridized carbons (Fsp3) is 0.0714. The molecule has 0 N–H and O–H groups in total. The fourth-order valence-electron chi connectivity index (χ4n) is 2.06. The molecule has 5 nitrogen and oxygen atoms in total. The molecule has 1 aromatic carbocycles. The van der Waals surface area contributed by atoms with Gasteiger partial charge in [0.05, 0.1) is 12.6 Å². The first-order valence-corrected chi connectivity index (χ1v) is 5.77. The number of carbonyl (C=O) groups is 1. The van der Waals surface area contributed by atoms with Crippen LogP contribution in [-0.2, 0) is 4.74 Å². The van der Waals surface area contributed by atoms with Gasteiger partial charge in [-0.1, -0.05) is 12.1 Å². The second kappa shape index (κ2) is 4.53. The van der Waals surface area contributed by atoms with Gasteiger partial charge in [0.1, 0.15) is 0 Å². The maximum atomic E-state index is 11.6. The van der Waals surface area contributed by atoms with Gasteiger partial charge < -0.3 is 4.74 Å². The molecule has 0 aliphatic rings. The first-order chi connectivity index (χ1) is 9.31. The van der Waals surface area contributed by atoms with Crippen molar-refractivity contribution in [3.8, 4) is 11.4 Å². The van der Waals surface area contributed by atoms with Crippen LogP contribution in [0.1, 0.15) is 0 Å². The molecule has 0 radical (unpaired) electrons. The fourth-order valence-corrected chi connectivity index (χ4v) is 2.06. The van der Waals surface area contributed by atoms with Gasteiger partial charge in [-0.25, -0.2) is 14.8 Å². The van der Waals surface area contributed by atoms with Crippen molar-refractivity contribution in [1.82, 2.24) is 14.5 Å². The molecule has 0 spiro atoms. The third-order valence-corrected chi connectivity index (χ3v) is 2.91. The van der Waals surface area contributed by atoms with Crippen molar-refractivity contribution in [3.63, 3.8) is 0 Å². The molecular weight excluding hydrogens is 242 g/mol. The van der Waals surface area contributed by atoms with Crippen LogP contribution >= 0.6 is 0 Å². The van der Waals surface area contributed by atoms with E-state index in [2.05, 4.69) is 9.97 Å². The average molecular weight is 253 g/mol. The van der Waals surface area contributed by atoms with E-state index in [9.17, 15) is 4.79 Å². The summed E-state index contributed by atoms with van der Waals surface area (Å²) in [6, 6.07) is 9.28. The summed E-state index contributed by atoms with van der Waals surface area (Å²) in [7, 11) is 1.36. The lowest BCUT2D eigenvalue weighted by Crippen LogP contribution is -2.09. The Morgan fingerprint density at radius 3 is 2.68 bits per heavy atom. The van der Waals surface area contributed by atoms with Crippen LogP contribution in [0.2, 0.25) is 0 Å². The van der Waals surface area contributed by atoms with Crippen molar-refractivity contribution in [1.29, 1.82) is 0 Å². The predicted octanol–water partition coefficient (Wildman–Crippen LogP) is 2.71. The van der Waals surface area contributed by atoms with Crippen LogP contribution in [0.15, 0.2) is 48.9 Å². The zero-order chi connectivity index (χ0) is 13.2. The number of carbonyl (C=O) groups excluding carboxylic acids is 1. The highest BCUT2D eigenvalue weighted by atomic mass is 16.5. The summed E-state index contributed by atoms with van der Waals surface area (Å²) in [5.41, 5.74) is 1.66. The largest absolute Gasteiger partial charge is 0.452 e. The first kappa shape index (κ1) is 11.4. The summed E-state index contributed by atoms with van der Waals surface area (Å²) in [4.78, 5) is 20.1. The Bertz CT molecular complexity index is 735. The molecular formula is C14H11N3O2. The number of ether oxygens (including phenoxy) is 1. The Morgan fingerprint density at radius 1 is 1.16 bits per heavy atom.